The summed E-state index contributed by atoms with van der Waals surface area (Å²) in [6.45, 7) is 5.91. The Morgan fingerprint density at radius 1 is 1.24 bits per heavy atom. The molecule has 0 aliphatic carbocycles. The number of aldehydes is 1. The molecule has 2 aliphatic heterocycles. The van der Waals surface area contributed by atoms with Gasteiger partial charge in [-0.3, -0.25) is 0 Å². The lowest BCUT2D eigenvalue weighted by atomic mass is 9.80. The maximum atomic E-state index is 11.4. The van der Waals surface area contributed by atoms with Crippen molar-refractivity contribution < 1.29 is 14.6 Å². The molecule has 0 bridgehead atoms. The molecule has 4 heteroatoms. The first-order valence-corrected chi connectivity index (χ1v) is 6.54. The molecule has 1 N–H and O–H groups in total. The van der Waals surface area contributed by atoms with Crippen molar-refractivity contribution in [1.82, 2.24) is 4.90 Å². The van der Waals surface area contributed by atoms with E-state index in [4.69, 9.17) is 4.74 Å². The minimum atomic E-state index is -0.513. The van der Waals surface area contributed by atoms with E-state index in [1.165, 1.54) is 0 Å². The van der Waals surface area contributed by atoms with E-state index in [2.05, 4.69) is 4.90 Å². The van der Waals surface area contributed by atoms with E-state index in [1.54, 1.807) is 0 Å². The molecule has 0 aromatic heterocycles. The molecule has 4 nitrogen and oxygen atoms in total. The van der Waals surface area contributed by atoms with Gasteiger partial charge in [-0.05, 0) is 32.6 Å². The summed E-state index contributed by atoms with van der Waals surface area (Å²) in [6.07, 6.45) is 4.41. The van der Waals surface area contributed by atoms with Gasteiger partial charge in [-0.1, -0.05) is 0 Å². The molecular formula is C13H23NO3. The van der Waals surface area contributed by atoms with Gasteiger partial charge >= 0.3 is 0 Å². The van der Waals surface area contributed by atoms with Crippen LogP contribution in [0.25, 0.3) is 0 Å². The minimum Gasteiger partial charge on any atom is -0.390 e. The SMILES string of the molecule is CC1(O)CCN(CC2(C=O)CCOCC2)CC1. The van der Waals surface area contributed by atoms with Gasteiger partial charge in [0.05, 0.1) is 5.60 Å². The number of aliphatic hydroxyl groups is 1. The first-order chi connectivity index (χ1) is 8.05. The van der Waals surface area contributed by atoms with Gasteiger partial charge in [-0.25, -0.2) is 0 Å². The van der Waals surface area contributed by atoms with Crippen molar-refractivity contribution in [2.24, 2.45) is 5.41 Å². The summed E-state index contributed by atoms with van der Waals surface area (Å²) in [5.74, 6) is 0. The van der Waals surface area contributed by atoms with Crippen molar-refractivity contribution in [3.8, 4) is 0 Å². The van der Waals surface area contributed by atoms with Crippen LogP contribution in [0, 0.1) is 5.41 Å². The van der Waals surface area contributed by atoms with Gasteiger partial charge in [-0.2, -0.15) is 0 Å². The Morgan fingerprint density at radius 3 is 2.35 bits per heavy atom. The molecular weight excluding hydrogens is 218 g/mol. The van der Waals surface area contributed by atoms with E-state index < -0.39 is 5.60 Å². The molecule has 98 valence electrons. The van der Waals surface area contributed by atoms with Crippen LogP contribution in [-0.4, -0.2) is 54.7 Å². The fourth-order valence-corrected chi connectivity index (χ4v) is 2.73. The molecule has 2 fully saturated rings. The molecule has 17 heavy (non-hydrogen) atoms. The maximum absolute atomic E-state index is 11.4. The standard InChI is InChI=1S/C13H23NO3/c1-12(16)2-6-14(7-3-12)10-13(11-15)4-8-17-9-5-13/h11,16H,2-10H2,1H3. The summed E-state index contributed by atoms with van der Waals surface area (Å²) in [4.78, 5) is 13.7. The van der Waals surface area contributed by atoms with Gasteiger partial charge in [0.15, 0.2) is 0 Å². The van der Waals surface area contributed by atoms with Gasteiger partial charge in [-0.15, -0.1) is 0 Å². The van der Waals surface area contributed by atoms with E-state index in [9.17, 15) is 9.90 Å². The highest BCUT2D eigenvalue weighted by atomic mass is 16.5. The second-order valence-electron chi connectivity index (χ2n) is 5.87. The fraction of sp³-hybridized carbons (Fsp3) is 0.923. The minimum absolute atomic E-state index is 0.207. The smallest absolute Gasteiger partial charge is 0.127 e. The number of rotatable bonds is 3. The lowest BCUT2D eigenvalue weighted by Crippen LogP contribution is -2.48. The Labute approximate surface area is 103 Å². The Bertz CT molecular complexity index is 262. The van der Waals surface area contributed by atoms with Crippen LogP contribution in [-0.2, 0) is 9.53 Å². The van der Waals surface area contributed by atoms with E-state index in [-0.39, 0.29) is 5.41 Å². The number of nitrogens with zero attached hydrogens (tertiary/aromatic N) is 1. The second kappa shape index (κ2) is 5.04. The zero-order valence-corrected chi connectivity index (χ0v) is 10.7. The average Bonchev–Trinajstić information content (AvgIpc) is 2.33. The highest BCUT2D eigenvalue weighted by Gasteiger charge is 2.36. The Hall–Kier alpha value is -0.450. The molecule has 2 heterocycles. The number of carbonyl (C=O) groups is 1. The predicted molar refractivity (Wildman–Crippen MR) is 64.8 cm³/mol. The van der Waals surface area contributed by atoms with E-state index in [1.807, 2.05) is 6.92 Å². The molecule has 0 saturated carbocycles. The monoisotopic (exact) mass is 241 g/mol. The highest BCUT2D eigenvalue weighted by molar-refractivity contribution is 5.60. The van der Waals surface area contributed by atoms with Gasteiger partial charge in [0.2, 0.25) is 0 Å². The van der Waals surface area contributed by atoms with Crippen LogP contribution < -0.4 is 0 Å². The summed E-state index contributed by atoms with van der Waals surface area (Å²) in [5, 5.41) is 9.90. The average molecular weight is 241 g/mol. The topological polar surface area (TPSA) is 49.8 Å². The second-order valence-corrected chi connectivity index (χ2v) is 5.87. The predicted octanol–water partition coefficient (Wildman–Crippen LogP) is 0.829. The van der Waals surface area contributed by atoms with Gasteiger partial charge in [0.25, 0.3) is 0 Å². The first kappa shape index (κ1) is 13.0. The van der Waals surface area contributed by atoms with Crippen LogP contribution in [0.15, 0.2) is 0 Å². The molecule has 2 saturated heterocycles. The quantitative estimate of drug-likeness (QED) is 0.744. The zero-order chi connectivity index (χ0) is 12.4. The maximum Gasteiger partial charge on any atom is 0.127 e. The Morgan fingerprint density at radius 2 is 1.82 bits per heavy atom. The van der Waals surface area contributed by atoms with Crippen molar-refractivity contribution in [2.75, 3.05) is 32.8 Å². The van der Waals surface area contributed by atoms with Crippen LogP contribution in [0.5, 0.6) is 0 Å². The van der Waals surface area contributed by atoms with E-state index in [0.29, 0.717) is 13.2 Å². The van der Waals surface area contributed by atoms with Crippen LogP contribution in [0.4, 0.5) is 0 Å². The number of hydrogen-bond acceptors (Lipinski definition) is 4. The van der Waals surface area contributed by atoms with Crippen molar-refractivity contribution in [1.29, 1.82) is 0 Å². The molecule has 0 atom stereocenters. The Kier molecular flexibility index (Phi) is 3.85. The summed E-state index contributed by atoms with van der Waals surface area (Å²) in [7, 11) is 0. The normalized spacial score (nSPS) is 28.8. The van der Waals surface area contributed by atoms with Crippen LogP contribution >= 0.6 is 0 Å². The third kappa shape index (κ3) is 3.27. The number of carbonyl (C=O) groups excluding carboxylic acids is 1. The third-order valence-corrected chi connectivity index (χ3v) is 4.21. The van der Waals surface area contributed by atoms with Crippen LogP contribution in [0.2, 0.25) is 0 Å². The van der Waals surface area contributed by atoms with Crippen molar-refractivity contribution >= 4 is 6.29 Å². The van der Waals surface area contributed by atoms with Crippen molar-refractivity contribution in [3.63, 3.8) is 0 Å². The number of likely N-dealkylation sites (tertiary alicyclic amines) is 1. The van der Waals surface area contributed by atoms with E-state index >= 15 is 0 Å². The fourth-order valence-electron chi connectivity index (χ4n) is 2.73. The van der Waals surface area contributed by atoms with Gasteiger partial charge in [0, 0.05) is 38.3 Å². The summed E-state index contributed by atoms with van der Waals surface area (Å²) in [5.41, 5.74) is -0.720. The zero-order valence-electron chi connectivity index (χ0n) is 10.7. The lowest BCUT2D eigenvalue weighted by Gasteiger charge is -2.41. The number of piperidine rings is 1. The molecule has 0 unspecified atom stereocenters. The molecule has 0 aromatic rings. The molecule has 2 aliphatic rings. The first-order valence-electron chi connectivity index (χ1n) is 6.54. The molecule has 0 amide bonds. The van der Waals surface area contributed by atoms with Gasteiger partial charge in [0.1, 0.15) is 6.29 Å². The molecule has 2 rings (SSSR count). The Balaban J connectivity index is 1.89. The van der Waals surface area contributed by atoms with Gasteiger partial charge < -0.3 is 19.5 Å². The third-order valence-electron chi connectivity index (χ3n) is 4.21. The van der Waals surface area contributed by atoms with Crippen molar-refractivity contribution in [3.05, 3.63) is 0 Å². The molecule has 0 spiro atoms. The number of hydrogen-bond donors (Lipinski definition) is 1. The van der Waals surface area contributed by atoms with Crippen LogP contribution in [0.3, 0.4) is 0 Å². The van der Waals surface area contributed by atoms with Crippen LogP contribution in [0.1, 0.15) is 32.6 Å². The summed E-state index contributed by atoms with van der Waals surface area (Å²) < 4.78 is 5.33. The van der Waals surface area contributed by atoms with E-state index in [0.717, 1.165) is 51.6 Å². The highest BCUT2D eigenvalue weighted by Crippen LogP contribution is 2.31. The summed E-state index contributed by atoms with van der Waals surface area (Å²) >= 11 is 0. The van der Waals surface area contributed by atoms with Crippen molar-refractivity contribution in [2.45, 2.75) is 38.2 Å². The summed E-state index contributed by atoms with van der Waals surface area (Å²) in [6, 6.07) is 0. The molecule has 0 radical (unpaired) electrons. The number of ether oxygens (including phenoxy) is 1. The largest absolute Gasteiger partial charge is 0.390 e. The molecule has 0 aromatic carbocycles. The lowest BCUT2D eigenvalue weighted by molar-refractivity contribution is -0.124.